The molecular weight excluding hydrogens is 176 g/mol. The Morgan fingerprint density at radius 1 is 1.07 bits per heavy atom. The highest BCUT2D eigenvalue weighted by atomic mass is 16.2. The number of carbonyl (C=O) groups excluding carboxylic acids is 1. The van der Waals surface area contributed by atoms with Crippen molar-refractivity contribution in [2.45, 2.75) is 60.5 Å². The van der Waals surface area contributed by atoms with E-state index in [4.69, 9.17) is 0 Å². The molecule has 0 bridgehead atoms. The Bertz CT molecular complexity index is 184. The van der Waals surface area contributed by atoms with Crippen LogP contribution in [0.25, 0.3) is 0 Å². The van der Waals surface area contributed by atoms with Gasteiger partial charge in [0, 0.05) is 17.5 Å². The second-order valence-electron chi connectivity index (χ2n) is 5.29. The Morgan fingerprint density at radius 2 is 1.43 bits per heavy atom. The first-order valence-electron chi connectivity index (χ1n) is 5.25. The molecule has 0 rings (SSSR count). The van der Waals surface area contributed by atoms with E-state index in [1.54, 1.807) is 0 Å². The minimum atomic E-state index is -0.331. The van der Waals surface area contributed by atoms with Gasteiger partial charge < -0.3 is 0 Å². The van der Waals surface area contributed by atoms with Gasteiger partial charge in [-0.15, -0.1) is 0 Å². The molecule has 0 fully saturated rings. The van der Waals surface area contributed by atoms with Crippen LogP contribution in [-0.4, -0.2) is 23.0 Å². The number of hydrogen-bond donors (Lipinski definition) is 1. The number of nitrogens with one attached hydrogen (secondary N) is 1. The van der Waals surface area contributed by atoms with Crippen molar-refractivity contribution >= 4 is 5.91 Å². The van der Waals surface area contributed by atoms with Crippen LogP contribution in [0.4, 0.5) is 0 Å². The van der Waals surface area contributed by atoms with Gasteiger partial charge in [0.2, 0.25) is 5.91 Å². The van der Waals surface area contributed by atoms with E-state index in [0.29, 0.717) is 12.1 Å². The second-order valence-corrected chi connectivity index (χ2v) is 5.29. The van der Waals surface area contributed by atoms with E-state index < -0.39 is 0 Å². The molecule has 3 heteroatoms. The second kappa shape index (κ2) is 4.78. The van der Waals surface area contributed by atoms with E-state index in [-0.39, 0.29) is 11.3 Å². The molecule has 0 heterocycles. The molecule has 0 spiro atoms. The van der Waals surface area contributed by atoms with E-state index in [2.05, 4.69) is 33.1 Å². The highest BCUT2D eigenvalue weighted by molar-refractivity contribution is 5.80. The normalized spacial score (nSPS) is 12.7. The summed E-state index contributed by atoms with van der Waals surface area (Å²) in [5.74, 6) is 0.0694. The lowest BCUT2D eigenvalue weighted by Crippen LogP contribution is -2.53. The highest BCUT2D eigenvalue weighted by Gasteiger charge is 2.25. The molecule has 0 aliphatic heterocycles. The van der Waals surface area contributed by atoms with E-state index in [1.807, 2.05) is 25.8 Å². The quantitative estimate of drug-likeness (QED) is 0.708. The first kappa shape index (κ1) is 13.4. The Hall–Kier alpha value is -0.570. The molecule has 84 valence electrons. The maximum Gasteiger partial charge on any atom is 0.239 e. The van der Waals surface area contributed by atoms with E-state index >= 15 is 0 Å². The highest BCUT2D eigenvalue weighted by Crippen LogP contribution is 2.14. The van der Waals surface area contributed by atoms with Crippen LogP contribution in [0.2, 0.25) is 0 Å². The smallest absolute Gasteiger partial charge is 0.239 e. The van der Waals surface area contributed by atoms with Crippen LogP contribution in [0.15, 0.2) is 0 Å². The van der Waals surface area contributed by atoms with Gasteiger partial charge in [-0.05, 0) is 27.7 Å². The van der Waals surface area contributed by atoms with Gasteiger partial charge in [0.05, 0.1) is 0 Å². The molecule has 0 saturated carbocycles. The molecule has 3 nitrogen and oxygen atoms in total. The summed E-state index contributed by atoms with van der Waals surface area (Å²) in [5.41, 5.74) is 2.62. The van der Waals surface area contributed by atoms with Crippen molar-refractivity contribution < 1.29 is 4.79 Å². The van der Waals surface area contributed by atoms with Crippen molar-refractivity contribution in [3.8, 4) is 0 Å². The van der Waals surface area contributed by atoms with Gasteiger partial charge in [-0.3, -0.25) is 10.2 Å². The van der Waals surface area contributed by atoms with Crippen LogP contribution < -0.4 is 5.43 Å². The lowest BCUT2D eigenvalue weighted by Gasteiger charge is -2.33. The summed E-state index contributed by atoms with van der Waals surface area (Å²) < 4.78 is 0. The fourth-order valence-electron chi connectivity index (χ4n) is 1.14. The number of hydrazine groups is 1. The van der Waals surface area contributed by atoms with Crippen LogP contribution in [0.5, 0.6) is 0 Å². The molecule has 0 aromatic heterocycles. The molecular formula is C11H24N2O. The first-order chi connectivity index (χ1) is 6.16. The third-order valence-electron chi connectivity index (χ3n) is 2.02. The molecule has 0 atom stereocenters. The third kappa shape index (κ3) is 4.09. The van der Waals surface area contributed by atoms with Gasteiger partial charge in [-0.25, -0.2) is 5.01 Å². The number of amides is 1. The van der Waals surface area contributed by atoms with Gasteiger partial charge in [0.1, 0.15) is 0 Å². The van der Waals surface area contributed by atoms with Gasteiger partial charge in [-0.2, -0.15) is 0 Å². The first-order valence-corrected chi connectivity index (χ1v) is 5.25. The fraction of sp³-hybridized carbons (Fsp3) is 0.909. The van der Waals surface area contributed by atoms with Crippen molar-refractivity contribution in [3.63, 3.8) is 0 Å². The molecule has 0 unspecified atom stereocenters. The van der Waals surface area contributed by atoms with Crippen LogP contribution in [-0.2, 0) is 4.79 Å². The number of rotatable bonds is 3. The zero-order chi connectivity index (χ0) is 11.5. The predicted molar refractivity (Wildman–Crippen MR) is 59.7 cm³/mol. The Kier molecular flexibility index (Phi) is 4.59. The topological polar surface area (TPSA) is 32.3 Å². The SMILES string of the molecule is CC(C)N(NC(=O)C(C)(C)C)C(C)C. The summed E-state index contributed by atoms with van der Waals surface area (Å²) in [7, 11) is 0. The summed E-state index contributed by atoms with van der Waals surface area (Å²) in [6.07, 6.45) is 0. The molecule has 0 radical (unpaired) electrons. The lowest BCUT2D eigenvalue weighted by atomic mass is 9.96. The molecule has 0 saturated heterocycles. The molecule has 0 aromatic carbocycles. The standard InChI is InChI=1S/C11H24N2O/c1-8(2)13(9(3)4)12-10(14)11(5,6)7/h8-9H,1-7H3,(H,12,14). The summed E-state index contributed by atoms with van der Waals surface area (Å²) >= 11 is 0. The van der Waals surface area contributed by atoms with Gasteiger partial charge in [0.25, 0.3) is 0 Å². The van der Waals surface area contributed by atoms with Crippen molar-refractivity contribution in [3.05, 3.63) is 0 Å². The Labute approximate surface area is 87.8 Å². The van der Waals surface area contributed by atoms with E-state index in [9.17, 15) is 4.79 Å². The Morgan fingerprint density at radius 3 is 1.64 bits per heavy atom. The predicted octanol–water partition coefficient (Wildman–Crippen LogP) is 2.18. The average molecular weight is 200 g/mol. The zero-order valence-electron chi connectivity index (χ0n) is 10.5. The summed E-state index contributed by atoms with van der Waals surface area (Å²) in [6, 6.07) is 0.641. The van der Waals surface area contributed by atoms with Crippen LogP contribution in [0.3, 0.4) is 0 Å². The van der Waals surface area contributed by atoms with Crippen LogP contribution in [0, 0.1) is 5.41 Å². The van der Waals surface area contributed by atoms with Crippen LogP contribution >= 0.6 is 0 Å². The molecule has 0 aliphatic carbocycles. The van der Waals surface area contributed by atoms with Crippen LogP contribution in [0.1, 0.15) is 48.5 Å². The molecule has 0 aliphatic rings. The minimum Gasteiger partial charge on any atom is -0.288 e. The number of hydrogen-bond acceptors (Lipinski definition) is 2. The summed E-state index contributed by atoms with van der Waals surface area (Å²) in [4.78, 5) is 11.7. The Balaban J connectivity index is 4.40. The van der Waals surface area contributed by atoms with E-state index in [1.165, 1.54) is 0 Å². The number of nitrogens with zero attached hydrogens (tertiary/aromatic N) is 1. The van der Waals surface area contributed by atoms with Crippen molar-refractivity contribution in [1.82, 2.24) is 10.4 Å². The molecule has 1 amide bonds. The lowest BCUT2D eigenvalue weighted by molar-refractivity contribution is -0.135. The third-order valence-corrected chi connectivity index (χ3v) is 2.02. The number of carbonyl (C=O) groups is 1. The average Bonchev–Trinajstić information content (AvgIpc) is 1.96. The van der Waals surface area contributed by atoms with Gasteiger partial charge >= 0.3 is 0 Å². The van der Waals surface area contributed by atoms with E-state index in [0.717, 1.165) is 0 Å². The van der Waals surface area contributed by atoms with Gasteiger partial charge in [-0.1, -0.05) is 20.8 Å². The van der Waals surface area contributed by atoms with Crippen molar-refractivity contribution in [1.29, 1.82) is 0 Å². The van der Waals surface area contributed by atoms with Gasteiger partial charge in [0.15, 0.2) is 0 Å². The fourth-order valence-corrected chi connectivity index (χ4v) is 1.14. The summed E-state index contributed by atoms with van der Waals surface area (Å²) in [5, 5.41) is 1.98. The van der Waals surface area contributed by atoms with Crippen molar-refractivity contribution in [2.24, 2.45) is 5.41 Å². The molecule has 14 heavy (non-hydrogen) atoms. The molecule has 1 N–H and O–H groups in total. The molecule has 0 aromatic rings. The summed E-state index contributed by atoms with van der Waals surface area (Å²) in [6.45, 7) is 14.0. The maximum absolute atomic E-state index is 11.7. The monoisotopic (exact) mass is 200 g/mol. The van der Waals surface area contributed by atoms with Crippen molar-refractivity contribution in [2.75, 3.05) is 0 Å². The largest absolute Gasteiger partial charge is 0.288 e. The maximum atomic E-state index is 11.7. The minimum absolute atomic E-state index is 0.0694. The zero-order valence-corrected chi connectivity index (χ0v) is 10.5.